The number of rotatable bonds is 4. The van der Waals surface area contributed by atoms with Gasteiger partial charge < -0.3 is 10.0 Å². The van der Waals surface area contributed by atoms with Gasteiger partial charge in [0.2, 0.25) is 0 Å². The van der Waals surface area contributed by atoms with Gasteiger partial charge >= 0.3 is 12.0 Å². The maximum Gasteiger partial charge on any atom is 0.326 e. The van der Waals surface area contributed by atoms with Crippen LogP contribution in [0.1, 0.15) is 77.0 Å². The van der Waals surface area contributed by atoms with Crippen LogP contribution in [0.2, 0.25) is 0 Å². The minimum Gasteiger partial charge on any atom is -0.480 e. The third kappa shape index (κ3) is 4.14. The molecule has 3 heterocycles. The number of benzene rings is 1. The van der Waals surface area contributed by atoms with Crippen molar-refractivity contribution in [2.24, 2.45) is 0 Å². The van der Waals surface area contributed by atoms with Crippen LogP contribution in [0.25, 0.3) is 0 Å². The van der Waals surface area contributed by atoms with E-state index >= 15 is 0 Å². The van der Waals surface area contributed by atoms with Crippen molar-refractivity contribution in [3.8, 4) is 0 Å². The lowest BCUT2D eigenvalue weighted by molar-refractivity contribution is -0.141. The van der Waals surface area contributed by atoms with Crippen molar-refractivity contribution in [3.63, 3.8) is 0 Å². The summed E-state index contributed by atoms with van der Waals surface area (Å²) in [5.74, 6) is -0.882. The largest absolute Gasteiger partial charge is 0.480 e. The second-order valence-electron chi connectivity index (χ2n) is 10.3. The Morgan fingerprint density at radius 3 is 2.12 bits per heavy atom. The van der Waals surface area contributed by atoms with E-state index in [4.69, 9.17) is 0 Å². The van der Waals surface area contributed by atoms with Crippen molar-refractivity contribution in [3.05, 3.63) is 30.3 Å². The molecular weight excluding hydrogens is 402 g/mol. The minimum atomic E-state index is -0.882. The second kappa shape index (κ2) is 9.42. The lowest BCUT2D eigenvalue weighted by Gasteiger charge is -2.54. The maximum absolute atomic E-state index is 13.8. The standard InChI is InChI=1S/C26H37N3O3/c30-25(31)24-15-8-16-27(24)26(32)29(20-11-5-2-6-12-20)23-17-21-13-7-14-22(18-23)28(21)19-9-3-1-4-10-19/h2,5-6,11-12,19,21-24H,1,3-4,7-10,13-18H2,(H,30,31)/t21-,22+,23+,24-/m1/s1. The quantitative estimate of drug-likeness (QED) is 0.726. The number of likely N-dealkylation sites (tertiary alicyclic amines) is 1. The monoisotopic (exact) mass is 439 g/mol. The summed E-state index contributed by atoms with van der Waals surface area (Å²) < 4.78 is 0. The predicted octanol–water partition coefficient (Wildman–Crippen LogP) is 4.88. The molecule has 6 nitrogen and oxygen atoms in total. The van der Waals surface area contributed by atoms with Gasteiger partial charge in [0.1, 0.15) is 6.04 Å². The molecule has 3 saturated heterocycles. The van der Waals surface area contributed by atoms with Gasteiger partial charge in [-0.25, -0.2) is 9.59 Å². The van der Waals surface area contributed by atoms with Crippen LogP contribution in [0, 0.1) is 0 Å². The molecule has 0 spiro atoms. The summed E-state index contributed by atoms with van der Waals surface area (Å²) in [5, 5.41) is 9.69. The molecule has 4 atom stereocenters. The highest BCUT2D eigenvalue weighted by Crippen LogP contribution is 2.41. The van der Waals surface area contributed by atoms with E-state index in [1.807, 2.05) is 35.2 Å². The summed E-state index contributed by atoms with van der Waals surface area (Å²) in [6.07, 6.45) is 13.8. The van der Waals surface area contributed by atoms with E-state index in [0.717, 1.165) is 31.0 Å². The molecule has 1 saturated carbocycles. The normalized spacial score (nSPS) is 31.4. The van der Waals surface area contributed by atoms with E-state index < -0.39 is 12.0 Å². The summed E-state index contributed by atoms with van der Waals surface area (Å²) in [7, 11) is 0. The number of hydrogen-bond donors (Lipinski definition) is 1. The Bertz CT molecular complexity index is 796. The van der Waals surface area contributed by atoms with E-state index in [1.54, 1.807) is 4.90 Å². The summed E-state index contributed by atoms with van der Waals surface area (Å²) in [5.41, 5.74) is 0.905. The first-order chi connectivity index (χ1) is 15.6. The molecule has 4 aliphatic rings. The highest BCUT2D eigenvalue weighted by Gasteiger charge is 2.46. The molecule has 6 heteroatoms. The molecular formula is C26H37N3O3. The van der Waals surface area contributed by atoms with Gasteiger partial charge in [-0.2, -0.15) is 0 Å². The van der Waals surface area contributed by atoms with E-state index in [2.05, 4.69) is 4.90 Å². The molecule has 0 aromatic heterocycles. The number of piperidine rings is 2. The van der Waals surface area contributed by atoms with E-state index in [9.17, 15) is 14.7 Å². The summed E-state index contributed by atoms with van der Waals surface area (Å²) in [6, 6.07) is 11.1. The average molecular weight is 440 g/mol. The molecule has 1 aliphatic carbocycles. The molecule has 32 heavy (non-hydrogen) atoms. The second-order valence-corrected chi connectivity index (χ2v) is 10.3. The highest BCUT2D eigenvalue weighted by atomic mass is 16.4. The summed E-state index contributed by atoms with van der Waals surface area (Å²) in [4.78, 5) is 32.1. The molecule has 4 fully saturated rings. The Balaban J connectivity index is 1.41. The number of carboxylic acids is 1. The number of carboxylic acid groups (broad SMARTS) is 1. The van der Waals surface area contributed by atoms with Crippen molar-refractivity contribution >= 4 is 17.7 Å². The molecule has 1 aromatic rings. The van der Waals surface area contributed by atoms with Gasteiger partial charge in [-0.15, -0.1) is 0 Å². The van der Waals surface area contributed by atoms with Crippen LogP contribution in [-0.4, -0.2) is 63.7 Å². The first-order valence-corrected chi connectivity index (χ1v) is 12.8. The van der Waals surface area contributed by atoms with Crippen molar-refractivity contribution in [1.82, 2.24) is 9.80 Å². The van der Waals surface area contributed by atoms with Crippen molar-refractivity contribution < 1.29 is 14.7 Å². The van der Waals surface area contributed by atoms with Crippen molar-refractivity contribution in [1.29, 1.82) is 0 Å². The van der Waals surface area contributed by atoms with Crippen LogP contribution in [0.3, 0.4) is 0 Å². The Kier molecular flexibility index (Phi) is 6.40. The van der Waals surface area contributed by atoms with Crippen LogP contribution >= 0.6 is 0 Å². The van der Waals surface area contributed by atoms with Gasteiger partial charge in [0.25, 0.3) is 0 Å². The zero-order valence-electron chi connectivity index (χ0n) is 19.1. The summed E-state index contributed by atoms with van der Waals surface area (Å²) in [6.45, 7) is 0.535. The highest BCUT2D eigenvalue weighted by molar-refractivity contribution is 5.95. The Labute approximate surface area is 191 Å². The fourth-order valence-electron chi connectivity index (χ4n) is 7.03. The molecule has 1 N–H and O–H groups in total. The zero-order valence-corrected chi connectivity index (χ0v) is 19.1. The molecule has 2 amide bonds. The van der Waals surface area contributed by atoms with Gasteiger partial charge in [-0.1, -0.05) is 43.9 Å². The minimum absolute atomic E-state index is 0.115. The molecule has 3 aliphatic heterocycles. The predicted molar refractivity (Wildman–Crippen MR) is 125 cm³/mol. The lowest BCUT2D eigenvalue weighted by atomic mass is 9.78. The Morgan fingerprint density at radius 1 is 0.812 bits per heavy atom. The van der Waals surface area contributed by atoms with Gasteiger partial charge in [0, 0.05) is 36.4 Å². The molecule has 174 valence electrons. The average Bonchev–Trinajstić information content (AvgIpc) is 3.30. The Hall–Kier alpha value is -2.08. The number of anilines is 1. The van der Waals surface area contributed by atoms with Gasteiger partial charge in [-0.05, 0) is 63.5 Å². The van der Waals surface area contributed by atoms with Crippen LogP contribution in [0.5, 0.6) is 0 Å². The van der Waals surface area contributed by atoms with Crippen LogP contribution in [-0.2, 0) is 4.79 Å². The van der Waals surface area contributed by atoms with Crippen molar-refractivity contribution in [2.75, 3.05) is 11.4 Å². The number of urea groups is 1. The zero-order chi connectivity index (χ0) is 22.1. The summed E-state index contributed by atoms with van der Waals surface area (Å²) >= 11 is 0. The third-order valence-corrected chi connectivity index (χ3v) is 8.39. The Morgan fingerprint density at radius 2 is 1.47 bits per heavy atom. The first kappa shape index (κ1) is 21.7. The third-order valence-electron chi connectivity index (χ3n) is 8.39. The molecule has 1 aromatic carbocycles. The van der Waals surface area contributed by atoms with E-state index in [-0.39, 0.29) is 12.1 Å². The van der Waals surface area contributed by atoms with Gasteiger partial charge in [0.05, 0.1) is 0 Å². The number of amides is 2. The number of fused-ring (bicyclic) bond motifs is 2. The van der Waals surface area contributed by atoms with E-state index in [0.29, 0.717) is 25.0 Å². The van der Waals surface area contributed by atoms with Crippen LogP contribution in [0.15, 0.2) is 30.3 Å². The SMILES string of the molecule is O=C(O)[C@H]1CCCN1C(=O)N(c1ccccc1)[C@H]1C[C@H]2CCC[C@@H](C1)N2C1CCCCC1. The molecule has 5 rings (SSSR count). The fraction of sp³-hybridized carbons (Fsp3) is 0.692. The maximum atomic E-state index is 13.8. The molecule has 2 bridgehead atoms. The number of nitrogens with zero attached hydrogens (tertiary/aromatic N) is 3. The first-order valence-electron chi connectivity index (χ1n) is 12.8. The number of carbonyl (C=O) groups excluding carboxylic acids is 1. The van der Waals surface area contributed by atoms with Crippen molar-refractivity contribution in [2.45, 2.75) is 107 Å². The van der Waals surface area contributed by atoms with Crippen LogP contribution in [0.4, 0.5) is 10.5 Å². The smallest absolute Gasteiger partial charge is 0.326 e. The number of para-hydroxylation sites is 1. The molecule has 0 unspecified atom stereocenters. The number of aliphatic carboxylic acids is 1. The lowest BCUT2D eigenvalue weighted by Crippen LogP contribution is -2.62. The topological polar surface area (TPSA) is 64.1 Å². The van der Waals surface area contributed by atoms with Gasteiger partial charge in [0.15, 0.2) is 0 Å². The number of hydrogen-bond acceptors (Lipinski definition) is 3. The van der Waals surface area contributed by atoms with E-state index in [1.165, 1.54) is 51.4 Å². The molecule has 0 radical (unpaired) electrons. The van der Waals surface area contributed by atoms with Crippen LogP contribution < -0.4 is 4.90 Å². The fourth-order valence-corrected chi connectivity index (χ4v) is 7.03. The van der Waals surface area contributed by atoms with Gasteiger partial charge in [-0.3, -0.25) is 9.80 Å². The number of carbonyl (C=O) groups is 2.